The monoisotopic (exact) mass is 948 g/mol. The van der Waals surface area contributed by atoms with Gasteiger partial charge in [0.1, 0.15) is 28.8 Å². The zero-order valence-corrected chi connectivity index (χ0v) is 39.6. The second kappa shape index (κ2) is 25.4. The third-order valence-corrected chi connectivity index (χ3v) is 9.96. The van der Waals surface area contributed by atoms with Crippen molar-refractivity contribution >= 4 is 23.9 Å². The van der Waals surface area contributed by atoms with E-state index in [1.807, 2.05) is 54.6 Å². The molecule has 70 heavy (non-hydrogen) atoms. The number of carbonyl (C=O) groups excluding carboxylic acids is 4. The van der Waals surface area contributed by atoms with Gasteiger partial charge in [0.15, 0.2) is 0 Å². The summed E-state index contributed by atoms with van der Waals surface area (Å²) in [5, 5.41) is 0. The molecule has 13 heteroatoms. The van der Waals surface area contributed by atoms with Gasteiger partial charge in [0, 0.05) is 27.9 Å². The normalized spacial score (nSPS) is 10.3. The lowest BCUT2D eigenvalue weighted by atomic mass is 9.96. The fourth-order valence-electron chi connectivity index (χ4n) is 6.14. The highest BCUT2D eigenvalue weighted by Crippen LogP contribution is 2.32. The van der Waals surface area contributed by atoms with Crippen molar-refractivity contribution in [3.63, 3.8) is 0 Å². The first-order valence-corrected chi connectivity index (χ1v) is 21.6. The lowest BCUT2D eigenvalue weighted by Gasteiger charge is -2.12. The van der Waals surface area contributed by atoms with Crippen LogP contribution in [0.4, 0.5) is 4.39 Å². The standard InChI is InChI=1S/C29H28O6.C28H25FO6/c1-19(2)28(30)34-17-32-25-11-6-22(7-12-25)24-10-15-27(21(5)16-24)23-8-13-26(14-9-23)33-18-35-29(31)20(3)4;1-18(2)27(30)34-16-32-23-10-5-20(6-11-23)22-9-14-25(26(29)15-22)21-7-12-24(13-8-21)33-17-35-28(31)19(3)4/h6-16H,1,3,17-18H2,2,4-5H3;5-15H,1,3,16-17H2,2,4H3. The van der Waals surface area contributed by atoms with Gasteiger partial charge in [-0.25, -0.2) is 23.6 Å². The Labute approximate surface area is 406 Å². The molecular formula is C57H53FO12. The molecule has 0 aliphatic carbocycles. The van der Waals surface area contributed by atoms with Crippen molar-refractivity contribution in [2.45, 2.75) is 34.6 Å². The number of halogens is 1. The maximum atomic E-state index is 14.9. The predicted octanol–water partition coefficient (Wildman–Crippen LogP) is 12.3. The lowest BCUT2D eigenvalue weighted by Crippen LogP contribution is -2.10. The quantitative estimate of drug-likeness (QED) is 0.0311. The van der Waals surface area contributed by atoms with E-state index in [4.69, 9.17) is 37.9 Å². The third kappa shape index (κ3) is 15.7. The molecule has 360 valence electrons. The van der Waals surface area contributed by atoms with Gasteiger partial charge >= 0.3 is 23.9 Å². The summed E-state index contributed by atoms with van der Waals surface area (Å²) in [6.45, 7) is 21.6. The molecule has 0 saturated carbocycles. The van der Waals surface area contributed by atoms with Crippen molar-refractivity contribution in [2.75, 3.05) is 27.2 Å². The van der Waals surface area contributed by atoms with Crippen molar-refractivity contribution in [1.29, 1.82) is 0 Å². The fraction of sp³-hybridized carbons (Fsp3) is 0.158. The van der Waals surface area contributed by atoms with Crippen LogP contribution in [-0.4, -0.2) is 51.0 Å². The molecule has 0 saturated heterocycles. The van der Waals surface area contributed by atoms with Crippen LogP contribution in [0.1, 0.15) is 33.3 Å². The van der Waals surface area contributed by atoms with Crippen LogP contribution in [-0.2, 0) is 38.1 Å². The van der Waals surface area contributed by atoms with E-state index in [1.165, 1.54) is 6.07 Å². The highest BCUT2D eigenvalue weighted by Gasteiger charge is 2.12. The number of hydrogen-bond donors (Lipinski definition) is 0. The number of carbonyl (C=O) groups is 4. The molecule has 0 unspecified atom stereocenters. The van der Waals surface area contributed by atoms with Crippen molar-refractivity contribution in [3.05, 3.63) is 193 Å². The summed E-state index contributed by atoms with van der Waals surface area (Å²) in [6.07, 6.45) is 0. The molecule has 0 radical (unpaired) electrons. The van der Waals surface area contributed by atoms with Gasteiger partial charge in [-0.05, 0) is 134 Å². The number of hydrogen-bond acceptors (Lipinski definition) is 12. The van der Waals surface area contributed by atoms with E-state index in [0.717, 1.165) is 33.4 Å². The molecule has 0 aliphatic rings. The van der Waals surface area contributed by atoms with Gasteiger partial charge in [0.2, 0.25) is 27.2 Å². The first kappa shape index (κ1) is 52.3. The molecule has 0 bridgehead atoms. The van der Waals surface area contributed by atoms with E-state index < -0.39 is 23.9 Å². The smallest absolute Gasteiger partial charge is 0.335 e. The number of benzene rings is 6. The van der Waals surface area contributed by atoms with Gasteiger partial charge in [-0.15, -0.1) is 0 Å². The van der Waals surface area contributed by atoms with Crippen molar-refractivity contribution in [2.24, 2.45) is 0 Å². The summed E-state index contributed by atoms with van der Waals surface area (Å²) in [4.78, 5) is 45.6. The number of aryl methyl sites for hydroxylation is 1. The van der Waals surface area contributed by atoms with Crippen molar-refractivity contribution in [1.82, 2.24) is 0 Å². The number of ether oxygens (including phenoxy) is 8. The minimum absolute atomic E-state index is 0.164. The Balaban J connectivity index is 0.000000261. The van der Waals surface area contributed by atoms with Gasteiger partial charge in [0.05, 0.1) is 0 Å². The van der Waals surface area contributed by atoms with Crippen LogP contribution >= 0.6 is 0 Å². The zero-order chi connectivity index (χ0) is 50.7. The summed E-state index contributed by atoms with van der Waals surface area (Å²) in [5.41, 5.74) is 9.24. The maximum Gasteiger partial charge on any atom is 0.335 e. The molecule has 0 atom stereocenters. The topological polar surface area (TPSA) is 142 Å². The molecule has 6 aromatic rings. The SMILES string of the molecule is C=C(C)C(=O)OCOc1ccc(-c2ccc(-c3ccc(OCOC(=O)C(=C)C)cc3)c(C)c2)cc1.C=C(C)C(=O)OCOc1ccc(-c2ccc(-c3ccc(OCOC(=O)C(=C)C)cc3)c(F)c2)cc1. The Morgan fingerprint density at radius 3 is 0.914 bits per heavy atom. The van der Waals surface area contributed by atoms with Crippen LogP contribution in [0.15, 0.2) is 182 Å². The Morgan fingerprint density at radius 1 is 0.371 bits per heavy atom. The van der Waals surface area contributed by atoms with Crippen LogP contribution in [0.5, 0.6) is 23.0 Å². The van der Waals surface area contributed by atoms with Crippen LogP contribution in [0.3, 0.4) is 0 Å². The minimum atomic E-state index is -0.532. The molecule has 0 N–H and O–H groups in total. The Bertz CT molecular complexity index is 2650. The molecule has 0 spiro atoms. The van der Waals surface area contributed by atoms with Crippen LogP contribution < -0.4 is 18.9 Å². The van der Waals surface area contributed by atoms with Crippen LogP contribution in [0.2, 0.25) is 0 Å². The van der Waals surface area contributed by atoms with Gasteiger partial charge in [0.25, 0.3) is 0 Å². The molecular weight excluding hydrogens is 896 g/mol. The lowest BCUT2D eigenvalue weighted by molar-refractivity contribution is -0.146. The van der Waals surface area contributed by atoms with Gasteiger partial charge in [-0.1, -0.05) is 105 Å². The van der Waals surface area contributed by atoms with E-state index >= 15 is 0 Å². The largest absolute Gasteiger partial charge is 0.457 e. The summed E-state index contributed by atoms with van der Waals surface area (Å²) in [5.74, 6) is -0.194. The summed E-state index contributed by atoms with van der Waals surface area (Å²) in [7, 11) is 0. The minimum Gasteiger partial charge on any atom is -0.457 e. The molecule has 6 aromatic carbocycles. The Kier molecular flexibility index (Phi) is 19.0. The molecule has 0 aromatic heterocycles. The highest BCUT2D eigenvalue weighted by molar-refractivity contribution is 5.88. The van der Waals surface area contributed by atoms with E-state index in [1.54, 1.807) is 82.3 Å². The molecule has 12 nitrogen and oxygen atoms in total. The molecule has 6 rings (SSSR count). The van der Waals surface area contributed by atoms with Crippen LogP contribution in [0, 0.1) is 12.7 Å². The maximum absolute atomic E-state index is 14.9. The van der Waals surface area contributed by atoms with E-state index in [9.17, 15) is 23.6 Å². The first-order chi connectivity index (χ1) is 33.5. The van der Waals surface area contributed by atoms with E-state index in [2.05, 4.69) is 51.4 Å². The predicted molar refractivity (Wildman–Crippen MR) is 265 cm³/mol. The fourth-order valence-corrected chi connectivity index (χ4v) is 6.14. The Hall–Kier alpha value is -8.71. The molecule has 0 heterocycles. The highest BCUT2D eigenvalue weighted by atomic mass is 19.1. The average Bonchev–Trinajstić information content (AvgIpc) is 3.34. The molecule has 0 fully saturated rings. The third-order valence-electron chi connectivity index (χ3n) is 9.96. The second-order valence-corrected chi connectivity index (χ2v) is 15.7. The second-order valence-electron chi connectivity index (χ2n) is 15.7. The first-order valence-electron chi connectivity index (χ1n) is 21.6. The van der Waals surface area contributed by atoms with Gasteiger partial charge in [-0.3, -0.25) is 0 Å². The summed E-state index contributed by atoms with van der Waals surface area (Å²) in [6, 6.07) is 40.2. The van der Waals surface area contributed by atoms with E-state index in [0.29, 0.717) is 56.4 Å². The summed E-state index contributed by atoms with van der Waals surface area (Å²) < 4.78 is 56.2. The zero-order valence-electron chi connectivity index (χ0n) is 39.6. The van der Waals surface area contributed by atoms with Gasteiger partial charge < -0.3 is 37.9 Å². The van der Waals surface area contributed by atoms with E-state index in [-0.39, 0.29) is 38.6 Å². The van der Waals surface area contributed by atoms with Crippen molar-refractivity contribution in [3.8, 4) is 67.5 Å². The molecule has 0 aliphatic heterocycles. The molecule has 0 amide bonds. The average molecular weight is 949 g/mol. The number of esters is 4. The Morgan fingerprint density at radius 2 is 0.629 bits per heavy atom. The summed E-state index contributed by atoms with van der Waals surface area (Å²) >= 11 is 0. The van der Waals surface area contributed by atoms with Crippen LogP contribution in [0.25, 0.3) is 44.5 Å². The number of rotatable bonds is 20. The van der Waals surface area contributed by atoms with Crippen molar-refractivity contribution < 1.29 is 61.5 Å². The van der Waals surface area contributed by atoms with Gasteiger partial charge in [-0.2, -0.15) is 0 Å².